The van der Waals surface area contributed by atoms with E-state index in [1.54, 1.807) is 0 Å². The highest BCUT2D eigenvalue weighted by Crippen LogP contribution is 2.38. The quantitative estimate of drug-likeness (QED) is 0.258. The van der Waals surface area contributed by atoms with Gasteiger partial charge in [0.1, 0.15) is 0 Å². The van der Waals surface area contributed by atoms with Gasteiger partial charge in [-0.1, -0.05) is 36.4 Å². The highest BCUT2D eigenvalue weighted by molar-refractivity contribution is 6.10. The van der Waals surface area contributed by atoms with E-state index in [0.717, 1.165) is 50.1 Å². The lowest BCUT2D eigenvalue weighted by Gasteiger charge is -2.26. The number of nitriles is 2. The molecule has 0 bridgehead atoms. The first-order valence-corrected chi connectivity index (χ1v) is 12.1. The van der Waals surface area contributed by atoms with Crippen LogP contribution >= 0.6 is 0 Å². The number of hydrogen-bond donors (Lipinski definition) is 0. The summed E-state index contributed by atoms with van der Waals surface area (Å²) in [7, 11) is 0. The van der Waals surface area contributed by atoms with E-state index in [-0.39, 0.29) is 0 Å². The van der Waals surface area contributed by atoms with Crippen molar-refractivity contribution in [1.82, 2.24) is 4.57 Å². The van der Waals surface area contributed by atoms with Crippen molar-refractivity contribution in [3.05, 3.63) is 132 Å². The van der Waals surface area contributed by atoms with Gasteiger partial charge in [-0.2, -0.15) is 10.5 Å². The Morgan fingerprint density at radius 3 is 1.57 bits per heavy atom. The molecule has 0 amide bonds. The van der Waals surface area contributed by atoms with Crippen LogP contribution in [-0.4, -0.2) is 4.57 Å². The van der Waals surface area contributed by atoms with Crippen molar-refractivity contribution < 1.29 is 0 Å². The van der Waals surface area contributed by atoms with Crippen LogP contribution in [0.15, 0.2) is 115 Å². The van der Waals surface area contributed by atoms with Gasteiger partial charge >= 0.3 is 0 Å². The summed E-state index contributed by atoms with van der Waals surface area (Å²) in [5.74, 6) is 0. The molecule has 0 saturated carbocycles. The van der Waals surface area contributed by atoms with Crippen LogP contribution in [0, 0.1) is 29.6 Å². The molecule has 4 heteroatoms. The second-order valence-corrected chi connectivity index (χ2v) is 9.06. The summed E-state index contributed by atoms with van der Waals surface area (Å²) in [6.45, 7) is 2.11. The van der Waals surface area contributed by atoms with Crippen LogP contribution in [0.2, 0.25) is 0 Å². The molecule has 1 heterocycles. The predicted molar refractivity (Wildman–Crippen MR) is 150 cm³/mol. The van der Waals surface area contributed by atoms with Gasteiger partial charge in [-0.3, -0.25) is 0 Å². The van der Waals surface area contributed by atoms with E-state index < -0.39 is 0 Å². The van der Waals surface area contributed by atoms with Crippen molar-refractivity contribution in [3.63, 3.8) is 0 Å². The summed E-state index contributed by atoms with van der Waals surface area (Å²) in [5, 5.41) is 21.0. The van der Waals surface area contributed by atoms with Gasteiger partial charge in [0.25, 0.3) is 0 Å². The molecule has 6 rings (SSSR count). The van der Waals surface area contributed by atoms with Crippen molar-refractivity contribution in [2.24, 2.45) is 0 Å². The number of anilines is 3. The minimum absolute atomic E-state index is 0.596. The number of para-hydroxylation sites is 2. The molecule has 0 atom stereocenters. The number of rotatable bonds is 4. The Bertz CT molecular complexity index is 1740. The van der Waals surface area contributed by atoms with E-state index in [0.29, 0.717) is 11.1 Å². The van der Waals surface area contributed by atoms with Crippen LogP contribution in [0.25, 0.3) is 27.5 Å². The van der Waals surface area contributed by atoms with Crippen molar-refractivity contribution in [1.29, 1.82) is 10.5 Å². The van der Waals surface area contributed by atoms with Gasteiger partial charge < -0.3 is 9.47 Å². The van der Waals surface area contributed by atoms with Crippen LogP contribution in [0.5, 0.6) is 0 Å². The maximum Gasteiger partial charge on any atom is 0.0991 e. The second-order valence-electron chi connectivity index (χ2n) is 9.06. The molecule has 0 aliphatic rings. The summed E-state index contributed by atoms with van der Waals surface area (Å²) in [6.07, 6.45) is 0. The van der Waals surface area contributed by atoms with E-state index in [1.165, 1.54) is 0 Å². The molecule has 0 spiro atoms. The zero-order chi connectivity index (χ0) is 25.4. The third-order valence-corrected chi connectivity index (χ3v) is 6.62. The molecule has 0 unspecified atom stereocenters. The number of benzene rings is 5. The summed E-state index contributed by atoms with van der Waals surface area (Å²) < 4.78 is 2.22. The van der Waals surface area contributed by atoms with Crippen LogP contribution in [0.4, 0.5) is 17.1 Å². The fourth-order valence-corrected chi connectivity index (χ4v) is 5.04. The molecule has 0 saturated heterocycles. The minimum Gasteiger partial charge on any atom is -0.310 e. The molecular formula is C33H22N4. The monoisotopic (exact) mass is 474 g/mol. The number of aromatic nitrogens is 1. The van der Waals surface area contributed by atoms with Crippen molar-refractivity contribution in [3.8, 4) is 17.8 Å². The smallest absolute Gasteiger partial charge is 0.0991 e. The third-order valence-electron chi connectivity index (χ3n) is 6.62. The molecule has 0 aliphatic carbocycles. The molecular weight excluding hydrogens is 452 g/mol. The number of hydrogen-bond acceptors (Lipinski definition) is 3. The molecule has 1 aromatic heterocycles. The summed E-state index contributed by atoms with van der Waals surface area (Å²) >= 11 is 0. The third kappa shape index (κ3) is 3.88. The van der Waals surface area contributed by atoms with Crippen LogP contribution in [-0.2, 0) is 0 Å². The minimum atomic E-state index is 0.596. The van der Waals surface area contributed by atoms with Gasteiger partial charge in [0.2, 0.25) is 0 Å². The predicted octanol–water partition coefficient (Wildman–Crippen LogP) is 8.31. The first-order valence-electron chi connectivity index (χ1n) is 12.1. The van der Waals surface area contributed by atoms with Crippen molar-refractivity contribution in [2.45, 2.75) is 6.92 Å². The van der Waals surface area contributed by atoms with Gasteiger partial charge in [-0.25, -0.2) is 0 Å². The lowest BCUT2D eigenvalue weighted by atomic mass is 10.1. The molecule has 4 nitrogen and oxygen atoms in total. The first kappa shape index (κ1) is 22.2. The maximum absolute atomic E-state index is 9.53. The van der Waals surface area contributed by atoms with Gasteiger partial charge in [0.05, 0.1) is 34.3 Å². The van der Waals surface area contributed by atoms with Gasteiger partial charge in [0, 0.05) is 33.5 Å². The lowest BCUT2D eigenvalue weighted by Crippen LogP contribution is -2.10. The van der Waals surface area contributed by atoms with E-state index in [1.807, 2.05) is 48.5 Å². The number of nitrogens with zero attached hydrogens (tertiary/aromatic N) is 4. The van der Waals surface area contributed by atoms with Crippen LogP contribution < -0.4 is 4.90 Å². The fourth-order valence-electron chi connectivity index (χ4n) is 5.04. The molecule has 6 aromatic rings. The van der Waals surface area contributed by atoms with E-state index >= 15 is 0 Å². The number of aryl methyl sites for hydroxylation is 1. The average molecular weight is 475 g/mol. The Morgan fingerprint density at radius 1 is 0.568 bits per heavy atom. The number of fused-ring (bicyclic) bond motifs is 3. The summed E-state index contributed by atoms with van der Waals surface area (Å²) in [5.41, 5.74) is 8.51. The Labute approximate surface area is 215 Å². The Kier molecular flexibility index (Phi) is 5.41. The molecule has 37 heavy (non-hydrogen) atoms. The van der Waals surface area contributed by atoms with Gasteiger partial charge in [-0.05, 0) is 91.3 Å². The Balaban J connectivity index is 1.64. The summed E-state index contributed by atoms with van der Waals surface area (Å²) in [6, 6.07) is 43.3. The van der Waals surface area contributed by atoms with Crippen LogP contribution in [0.1, 0.15) is 16.7 Å². The molecule has 0 N–H and O–H groups in total. The van der Waals surface area contributed by atoms with Crippen LogP contribution in [0.3, 0.4) is 0 Å². The Morgan fingerprint density at radius 2 is 1.08 bits per heavy atom. The largest absolute Gasteiger partial charge is 0.310 e. The Hall–Kier alpha value is -5.32. The SMILES string of the molecule is Cc1cc(N(c2ccccc2)c2ccccc2)cc(-n2c3ccc(C#N)cc3c3cc(C#N)ccc32)c1. The zero-order valence-electron chi connectivity index (χ0n) is 20.3. The average Bonchev–Trinajstić information content (AvgIpc) is 3.27. The normalized spacial score (nSPS) is 10.8. The molecule has 0 radical (unpaired) electrons. The highest BCUT2D eigenvalue weighted by Gasteiger charge is 2.17. The maximum atomic E-state index is 9.53. The zero-order valence-corrected chi connectivity index (χ0v) is 20.3. The van der Waals surface area contributed by atoms with Gasteiger partial charge in [-0.15, -0.1) is 0 Å². The molecule has 174 valence electrons. The van der Waals surface area contributed by atoms with Gasteiger partial charge in [0.15, 0.2) is 0 Å². The van der Waals surface area contributed by atoms with E-state index in [4.69, 9.17) is 0 Å². The standard InChI is InChI=1S/C33H22N4/c1-23-16-28(36(26-8-4-2-5-9-26)27-10-6-3-7-11-27)20-29(17-23)37-32-14-12-24(21-34)18-30(32)31-19-25(22-35)13-15-33(31)37/h2-20H,1H3. The topological polar surface area (TPSA) is 55.8 Å². The molecule has 5 aromatic carbocycles. The fraction of sp³-hybridized carbons (Fsp3) is 0.0303. The van der Waals surface area contributed by atoms with E-state index in [9.17, 15) is 10.5 Å². The van der Waals surface area contributed by atoms with Crippen molar-refractivity contribution >= 4 is 38.9 Å². The lowest BCUT2D eigenvalue weighted by molar-refractivity contribution is 1.16. The first-order chi connectivity index (χ1) is 18.2. The second kappa shape index (κ2) is 9.04. The van der Waals surface area contributed by atoms with Crippen molar-refractivity contribution in [2.75, 3.05) is 4.90 Å². The van der Waals surface area contributed by atoms with E-state index in [2.05, 4.69) is 95.3 Å². The molecule has 0 fully saturated rings. The summed E-state index contributed by atoms with van der Waals surface area (Å²) in [4.78, 5) is 2.26. The highest BCUT2D eigenvalue weighted by atomic mass is 15.1. The molecule has 0 aliphatic heterocycles.